The summed E-state index contributed by atoms with van der Waals surface area (Å²) in [4.78, 5) is 19.0. The average molecular weight is 319 g/mol. The highest BCUT2D eigenvalue weighted by atomic mass is 79.9. The van der Waals surface area contributed by atoms with Crippen molar-refractivity contribution in [2.75, 3.05) is 18.5 Å². The van der Waals surface area contributed by atoms with E-state index in [1.54, 1.807) is 6.20 Å². The van der Waals surface area contributed by atoms with E-state index in [9.17, 15) is 4.79 Å². The number of ether oxygens (including phenoxy) is 1. The summed E-state index contributed by atoms with van der Waals surface area (Å²) in [5.41, 5.74) is 0. The number of rotatable bonds is 2. The molecule has 0 bridgehead atoms. The maximum Gasteiger partial charge on any atom is 0.265 e. The number of carbonyl (C=O) groups excluding carboxylic acids is 1. The van der Waals surface area contributed by atoms with Gasteiger partial charge in [-0.15, -0.1) is 11.3 Å². The van der Waals surface area contributed by atoms with Crippen molar-refractivity contribution in [1.29, 1.82) is 0 Å². The van der Waals surface area contributed by atoms with Gasteiger partial charge in [0.25, 0.3) is 5.91 Å². The van der Waals surface area contributed by atoms with Gasteiger partial charge < -0.3 is 9.64 Å². The predicted molar refractivity (Wildman–Crippen MR) is 70.9 cm³/mol. The molecule has 1 aromatic rings. The molecular weight excluding hydrogens is 304 g/mol. The molecule has 2 atom stereocenters. The Kier molecular flexibility index (Phi) is 4.17. The summed E-state index contributed by atoms with van der Waals surface area (Å²) < 4.78 is 5.61. The summed E-state index contributed by atoms with van der Waals surface area (Å²) in [5.74, 6) is 0.0670. The normalized spacial score (nSPS) is 25.0. The van der Waals surface area contributed by atoms with Crippen LogP contribution in [-0.2, 0) is 4.74 Å². The van der Waals surface area contributed by atoms with Gasteiger partial charge in [0.1, 0.15) is 4.88 Å². The number of aromatic nitrogens is 1. The van der Waals surface area contributed by atoms with Crippen molar-refractivity contribution in [3.05, 3.63) is 16.1 Å². The predicted octanol–water partition coefficient (Wildman–Crippen LogP) is 2.08. The second-order valence-electron chi connectivity index (χ2n) is 4.16. The van der Waals surface area contributed by atoms with Crippen molar-refractivity contribution in [2.45, 2.75) is 26.0 Å². The number of morpholine rings is 1. The van der Waals surface area contributed by atoms with Crippen LogP contribution in [0.15, 0.2) is 6.20 Å². The van der Waals surface area contributed by atoms with E-state index in [-0.39, 0.29) is 18.1 Å². The van der Waals surface area contributed by atoms with Crippen molar-refractivity contribution in [3.63, 3.8) is 0 Å². The zero-order valence-corrected chi connectivity index (χ0v) is 12.3. The zero-order valence-electron chi connectivity index (χ0n) is 9.85. The molecule has 1 amide bonds. The van der Waals surface area contributed by atoms with Crippen LogP contribution in [0.2, 0.25) is 0 Å². The number of hydrogen-bond acceptors (Lipinski definition) is 4. The Morgan fingerprint density at radius 1 is 1.76 bits per heavy atom. The Labute approximate surface area is 113 Å². The third-order valence-electron chi connectivity index (χ3n) is 2.77. The maximum atomic E-state index is 12.3. The first-order valence-corrected chi connectivity index (χ1v) is 7.46. The lowest BCUT2D eigenvalue weighted by atomic mass is 10.2. The van der Waals surface area contributed by atoms with Crippen LogP contribution in [0.1, 0.15) is 21.6 Å². The lowest BCUT2D eigenvalue weighted by Crippen LogP contribution is -2.51. The van der Waals surface area contributed by atoms with Crippen molar-refractivity contribution < 1.29 is 9.53 Å². The number of nitrogens with zero attached hydrogens (tertiary/aromatic N) is 2. The zero-order chi connectivity index (χ0) is 12.4. The van der Waals surface area contributed by atoms with Crippen LogP contribution in [0.25, 0.3) is 0 Å². The molecule has 4 nitrogen and oxygen atoms in total. The second kappa shape index (κ2) is 5.46. The lowest BCUT2D eigenvalue weighted by Gasteiger charge is -2.37. The molecule has 1 aromatic heterocycles. The first-order valence-electron chi connectivity index (χ1n) is 5.52. The van der Waals surface area contributed by atoms with Gasteiger partial charge in [-0.3, -0.25) is 4.79 Å². The highest BCUT2D eigenvalue weighted by molar-refractivity contribution is 9.09. The van der Waals surface area contributed by atoms with Gasteiger partial charge in [0, 0.05) is 11.9 Å². The van der Waals surface area contributed by atoms with E-state index in [1.165, 1.54) is 11.3 Å². The van der Waals surface area contributed by atoms with E-state index in [0.717, 1.165) is 10.3 Å². The van der Waals surface area contributed by atoms with E-state index < -0.39 is 0 Å². The third-order valence-corrected chi connectivity index (χ3v) is 4.39. The lowest BCUT2D eigenvalue weighted by molar-refractivity contribution is -0.0359. The summed E-state index contributed by atoms with van der Waals surface area (Å²) in [6.07, 6.45) is 1.75. The van der Waals surface area contributed by atoms with E-state index in [4.69, 9.17) is 4.74 Å². The van der Waals surface area contributed by atoms with Gasteiger partial charge in [-0.2, -0.15) is 0 Å². The van der Waals surface area contributed by atoms with Gasteiger partial charge in [-0.05, 0) is 13.8 Å². The van der Waals surface area contributed by atoms with Crippen LogP contribution in [0.4, 0.5) is 0 Å². The molecule has 6 heteroatoms. The molecule has 1 aliphatic rings. The largest absolute Gasteiger partial charge is 0.373 e. The van der Waals surface area contributed by atoms with E-state index in [1.807, 2.05) is 18.7 Å². The fourth-order valence-electron chi connectivity index (χ4n) is 1.80. The van der Waals surface area contributed by atoms with Gasteiger partial charge in [0.2, 0.25) is 0 Å². The number of halogens is 1. The minimum atomic E-state index is 0.0670. The maximum absolute atomic E-state index is 12.3. The molecule has 2 unspecified atom stereocenters. The molecule has 1 fully saturated rings. The topological polar surface area (TPSA) is 42.4 Å². The number of carbonyl (C=O) groups is 1. The van der Waals surface area contributed by atoms with Gasteiger partial charge >= 0.3 is 0 Å². The molecule has 17 heavy (non-hydrogen) atoms. The monoisotopic (exact) mass is 318 g/mol. The van der Waals surface area contributed by atoms with Gasteiger partial charge in [0.05, 0.1) is 30.0 Å². The molecule has 94 valence electrons. The fourth-order valence-corrected chi connectivity index (χ4v) is 2.92. The molecule has 0 spiro atoms. The molecule has 2 rings (SSSR count). The Morgan fingerprint density at radius 2 is 2.53 bits per heavy atom. The Morgan fingerprint density at radius 3 is 3.12 bits per heavy atom. The number of alkyl halides is 1. The summed E-state index contributed by atoms with van der Waals surface area (Å²) >= 11 is 4.84. The van der Waals surface area contributed by atoms with Crippen molar-refractivity contribution in [1.82, 2.24) is 9.88 Å². The molecule has 2 heterocycles. The van der Waals surface area contributed by atoms with Crippen LogP contribution in [-0.4, -0.2) is 46.4 Å². The molecule has 0 saturated carbocycles. The van der Waals surface area contributed by atoms with Crippen molar-refractivity contribution in [2.24, 2.45) is 0 Å². The summed E-state index contributed by atoms with van der Waals surface area (Å²) in [6, 6.07) is 0.125. The van der Waals surface area contributed by atoms with E-state index >= 15 is 0 Å². The Hall–Kier alpha value is -0.460. The minimum absolute atomic E-state index is 0.0670. The minimum Gasteiger partial charge on any atom is -0.373 e. The first-order chi connectivity index (χ1) is 8.11. The smallest absolute Gasteiger partial charge is 0.265 e. The Balaban J connectivity index is 2.12. The van der Waals surface area contributed by atoms with Crippen molar-refractivity contribution in [3.8, 4) is 0 Å². The van der Waals surface area contributed by atoms with Gasteiger partial charge in [0.15, 0.2) is 0 Å². The van der Waals surface area contributed by atoms with Crippen LogP contribution in [0, 0.1) is 6.92 Å². The van der Waals surface area contributed by atoms with Gasteiger partial charge in [-0.1, -0.05) is 15.9 Å². The number of amides is 1. The van der Waals surface area contributed by atoms with Crippen LogP contribution in [0.3, 0.4) is 0 Å². The number of aryl methyl sites for hydroxylation is 1. The SMILES string of the molecule is Cc1ncc(C(=O)N2CC(CBr)OCC2C)s1. The first kappa shape index (κ1) is 13.0. The Bertz CT molecular complexity index is 410. The highest BCUT2D eigenvalue weighted by Crippen LogP contribution is 2.20. The quantitative estimate of drug-likeness (QED) is 0.784. The molecular formula is C11H15BrN2O2S. The summed E-state index contributed by atoms with van der Waals surface area (Å²) in [7, 11) is 0. The second-order valence-corrected chi connectivity index (χ2v) is 6.04. The molecule has 1 aliphatic heterocycles. The highest BCUT2D eigenvalue weighted by Gasteiger charge is 2.30. The van der Waals surface area contributed by atoms with Crippen molar-refractivity contribution >= 4 is 33.2 Å². The number of thiazole rings is 1. The molecule has 0 radical (unpaired) electrons. The molecule has 0 aromatic carbocycles. The average Bonchev–Trinajstić information content (AvgIpc) is 2.76. The fraction of sp³-hybridized carbons (Fsp3) is 0.636. The molecule has 0 aliphatic carbocycles. The van der Waals surface area contributed by atoms with Gasteiger partial charge in [-0.25, -0.2) is 4.98 Å². The van der Waals surface area contributed by atoms with Crippen LogP contribution < -0.4 is 0 Å². The molecule has 0 N–H and O–H groups in total. The number of hydrogen-bond donors (Lipinski definition) is 0. The van der Waals surface area contributed by atoms with Crippen LogP contribution >= 0.6 is 27.3 Å². The summed E-state index contributed by atoms with van der Waals surface area (Å²) in [6.45, 7) is 5.16. The van der Waals surface area contributed by atoms with Crippen LogP contribution in [0.5, 0.6) is 0 Å². The molecule has 1 saturated heterocycles. The van der Waals surface area contributed by atoms with E-state index in [0.29, 0.717) is 18.0 Å². The standard InChI is InChI=1S/C11H15BrN2O2S/c1-7-6-16-9(3-12)5-14(7)11(15)10-4-13-8(2)17-10/h4,7,9H,3,5-6H2,1-2H3. The van der Waals surface area contributed by atoms with E-state index in [2.05, 4.69) is 20.9 Å². The third kappa shape index (κ3) is 2.86. The summed E-state index contributed by atoms with van der Waals surface area (Å²) in [5, 5.41) is 1.68.